The van der Waals surface area contributed by atoms with Crippen LogP contribution in [0.25, 0.3) is 0 Å². The van der Waals surface area contributed by atoms with Gasteiger partial charge in [0, 0.05) is 6.04 Å². The van der Waals surface area contributed by atoms with Gasteiger partial charge in [-0.15, -0.1) is 0 Å². The SMILES string of the molecule is CC(C)NC(=O)c1ccc(F)cc1Cl. The van der Waals surface area contributed by atoms with Gasteiger partial charge in [0.15, 0.2) is 0 Å². The molecule has 0 aromatic heterocycles. The first-order valence-corrected chi connectivity index (χ1v) is 4.64. The van der Waals surface area contributed by atoms with Crippen LogP contribution in [0, 0.1) is 5.82 Å². The fourth-order valence-corrected chi connectivity index (χ4v) is 1.27. The van der Waals surface area contributed by atoms with E-state index in [0.717, 1.165) is 6.07 Å². The molecular weight excluding hydrogens is 205 g/mol. The Bertz CT molecular complexity index is 352. The van der Waals surface area contributed by atoms with E-state index in [1.165, 1.54) is 12.1 Å². The molecule has 1 rings (SSSR count). The smallest absolute Gasteiger partial charge is 0.252 e. The van der Waals surface area contributed by atoms with Crippen LogP contribution < -0.4 is 5.32 Å². The molecule has 0 saturated heterocycles. The number of hydrogen-bond acceptors (Lipinski definition) is 1. The normalized spacial score (nSPS) is 10.4. The lowest BCUT2D eigenvalue weighted by molar-refractivity contribution is 0.0943. The Morgan fingerprint density at radius 3 is 2.64 bits per heavy atom. The zero-order valence-corrected chi connectivity index (χ0v) is 8.73. The van der Waals surface area contributed by atoms with Crippen LogP contribution in [0.5, 0.6) is 0 Å². The lowest BCUT2D eigenvalue weighted by Gasteiger charge is -2.09. The maximum Gasteiger partial charge on any atom is 0.252 e. The largest absolute Gasteiger partial charge is 0.350 e. The van der Waals surface area contributed by atoms with Crippen LogP contribution in [-0.4, -0.2) is 11.9 Å². The molecule has 1 aromatic carbocycles. The van der Waals surface area contributed by atoms with Gasteiger partial charge in [0.05, 0.1) is 10.6 Å². The summed E-state index contributed by atoms with van der Waals surface area (Å²) in [6, 6.07) is 3.73. The second-order valence-corrected chi connectivity index (χ2v) is 3.66. The summed E-state index contributed by atoms with van der Waals surface area (Å²) < 4.78 is 12.7. The van der Waals surface area contributed by atoms with E-state index in [4.69, 9.17) is 11.6 Å². The number of carbonyl (C=O) groups excluding carboxylic acids is 1. The van der Waals surface area contributed by atoms with Crippen molar-refractivity contribution in [3.63, 3.8) is 0 Å². The van der Waals surface area contributed by atoms with Crippen molar-refractivity contribution in [2.75, 3.05) is 0 Å². The highest BCUT2D eigenvalue weighted by atomic mass is 35.5. The Morgan fingerprint density at radius 1 is 1.50 bits per heavy atom. The highest BCUT2D eigenvalue weighted by Gasteiger charge is 2.11. The molecule has 4 heteroatoms. The van der Waals surface area contributed by atoms with Gasteiger partial charge in [0.2, 0.25) is 0 Å². The summed E-state index contributed by atoms with van der Waals surface area (Å²) in [4.78, 5) is 11.5. The molecular formula is C10H11ClFNO. The second kappa shape index (κ2) is 4.42. The highest BCUT2D eigenvalue weighted by molar-refractivity contribution is 6.33. The number of halogens is 2. The van der Waals surface area contributed by atoms with Gasteiger partial charge in [-0.2, -0.15) is 0 Å². The molecule has 0 bridgehead atoms. The fourth-order valence-electron chi connectivity index (χ4n) is 1.01. The third kappa shape index (κ3) is 2.70. The average Bonchev–Trinajstić information content (AvgIpc) is 2.01. The molecule has 76 valence electrons. The Morgan fingerprint density at radius 2 is 2.14 bits per heavy atom. The van der Waals surface area contributed by atoms with E-state index in [9.17, 15) is 9.18 Å². The van der Waals surface area contributed by atoms with Crippen molar-refractivity contribution < 1.29 is 9.18 Å². The molecule has 0 fully saturated rings. The summed E-state index contributed by atoms with van der Waals surface area (Å²) in [5, 5.41) is 2.80. The van der Waals surface area contributed by atoms with E-state index < -0.39 is 5.82 Å². The van der Waals surface area contributed by atoms with Crippen molar-refractivity contribution in [3.8, 4) is 0 Å². The van der Waals surface area contributed by atoms with E-state index in [2.05, 4.69) is 5.32 Å². The molecule has 0 radical (unpaired) electrons. The third-order valence-electron chi connectivity index (χ3n) is 1.60. The van der Waals surface area contributed by atoms with Gasteiger partial charge >= 0.3 is 0 Å². The topological polar surface area (TPSA) is 29.1 Å². The zero-order chi connectivity index (χ0) is 10.7. The molecule has 0 aliphatic carbocycles. The van der Waals surface area contributed by atoms with Gasteiger partial charge in [0.1, 0.15) is 5.82 Å². The van der Waals surface area contributed by atoms with E-state index in [-0.39, 0.29) is 17.0 Å². The summed E-state index contributed by atoms with van der Waals surface area (Å²) in [5.41, 5.74) is 0.293. The van der Waals surface area contributed by atoms with Crippen LogP contribution >= 0.6 is 11.6 Å². The lowest BCUT2D eigenvalue weighted by atomic mass is 10.2. The van der Waals surface area contributed by atoms with E-state index in [1.54, 1.807) is 0 Å². The van der Waals surface area contributed by atoms with Crippen LogP contribution in [0.2, 0.25) is 5.02 Å². The minimum Gasteiger partial charge on any atom is -0.350 e. The molecule has 2 nitrogen and oxygen atoms in total. The van der Waals surface area contributed by atoms with Crippen LogP contribution in [0.4, 0.5) is 4.39 Å². The minimum atomic E-state index is -0.448. The Labute approximate surface area is 87.1 Å². The summed E-state index contributed by atoms with van der Waals surface area (Å²) >= 11 is 5.71. The van der Waals surface area contributed by atoms with Crippen molar-refractivity contribution in [3.05, 3.63) is 34.6 Å². The third-order valence-corrected chi connectivity index (χ3v) is 1.91. The second-order valence-electron chi connectivity index (χ2n) is 3.25. The van der Waals surface area contributed by atoms with Gasteiger partial charge in [-0.05, 0) is 32.0 Å². The van der Waals surface area contributed by atoms with Gasteiger partial charge < -0.3 is 5.32 Å². The number of benzene rings is 1. The summed E-state index contributed by atoms with van der Waals surface area (Å²) in [7, 11) is 0. The zero-order valence-electron chi connectivity index (χ0n) is 7.97. The van der Waals surface area contributed by atoms with Crippen LogP contribution in [-0.2, 0) is 0 Å². The summed E-state index contributed by atoms with van der Waals surface area (Å²) in [5.74, 6) is -0.735. The minimum absolute atomic E-state index is 0.0311. The molecule has 1 amide bonds. The van der Waals surface area contributed by atoms with Gasteiger partial charge in [-0.1, -0.05) is 11.6 Å². The number of carbonyl (C=O) groups is 1. The maximum atomic E-state index is 12.7. The molecule has 0 atom stereocenters. The van der Waals surface area contributed by atoms with Crippen LogP contribution in [0.3, 0.4) is 0 Å². The van der Waals surface area contributed by atoms with Gasteiger partial charge in [0.25, 0.3) is 5.91 Å². The molecule has 1 aromatic rings. The van der Waals surface area contributed by atoms with Crippen LogP contribution in [0.15, 0.2) is 18.2 Å². The molecule has 0 unspecified atom stereocenters. The molecule has 0 spiro atoms. The predicted molar refractivity (Wildman–Crippen MR) is 54.0 cm³/mol. The number of hydrogen-bond donors (Lipinski definition) is 1. The molecule has 0 heterocycles. The standard InChI is InChI=1S/C10H11ClFNO/c1-6(2)13-10(14)8-4-3-7(12)5-9(8)11/h3-6H,1-2H3,(H,13,14). The summed E-state index contributed by atoms with van der Waals surface area (Å²) in [6.07, 6.45) is 0. The number of rotatable bonds is 2. The van der Waals surface area contributed by atoms with Crippen molar-refractivity contribution in [1.82, 2.24) is 5.32 Å². The molecule has 0 aliphatic rings. The van der Waals surface area contributed by atoms with Crippen molar-refractivity contribution in [2.45, 2.75) is 19.9 Å². The quantitative estimate of drug-likeness (QED) is 0.808. The van der Waals surface area contributed by atoms with Crippen molar-refractivity contribution in [1.29, 1.82) is 0 Å². The van der Waals surface area contributed by atoms with Crippen molar-refractivity contribution >= 4 is 17.5 Å². The van der Waals surface area contributed by atoms with E-state index in [1.807, 2.05) is 13.8 Å². The van der Waals surface area contributed by atoms with E-state index in [0.29, 0.717) is 5.56 Å². The monoisotopic (exact) mass is 215 g/mol. The fraction of sp³-hybridized carbons (Fsp3) is 0.300. The first-order valence-electron chi connectivity index (χ1n) is 4.26. The first-order chi connectivity index (χ1) is 6.50. The van der Waals surface area contributed by atoms with Crippen molar-refractivity contribution in [2.24, 2.45) is 0 Å². The average molecular weight is 216 g/mol. The lowest BCUT2D eigenvalue weighted by Crippen LogP contribution is -2.30. The Hall–Kier alpha value is -1.09. The van der Waals surface area contributed by atoms with Gasteiger partial charge in [-0.25, -0.2) is 4.39 Å². The highest BCUT2D eigenvalue weighted by Crippen LogP contribution is 2.16. The molecule has 0 aliphatic heterocycles. The molecule has 0 saturated carbocycles. The molecule has 1 N–H and O–H groups in total. The first kappa shape index (κ1) is 11.0. The Kier molecular flexibility index (Phi) is 3.47. The van der Waals surface area contributed by atoms with Gasteiger partial charge in [-0.3, -0.25) is 4.79 Å². The maximum absolute atomic E-state index is 12.7. The Balaban J connectivity index is 2.90. The summed E-state index contributed by atoms with van der Waals surface area (Å²) in [6.45, 7) is 3.69. The number of nitrogens with one attached hydrogen (secondary N) is 1. The van der Waals surface area contributed by atoms with E-state index >= 15 is 0 Å². The predicted octanol–water partition coefficient (Wildman–Crippen LogP) is 2.62. The van der Waals surface area contributed by atoms with Crippen LogP contribution in [0.1, 0.15) is 24.2 Å². The number of amides is 1. The molecule has 14 heavy (non-hydrogen) atoms.